The monoisotopic (exact) mass is 461 g/mol. The van der Waals surface area contributed by atoms with Crippen LogP contribution in [-0.4, -0.2) is 59.4 Å². The molecule has 0 radical (unpaired) electrons. The van der Waals surface area contributed by atoms with Gasteiger partial charge in [0.05, 0.1) is 16.9 Å². The highest BCUT2D eigenvalue weighted by Crippen LogP contribution is 2.37. The first-order valence-corrected chi connectivity index (χ1v) is 12.9. The fourth-order valence-electron chi connectivity index (χ4n) is 5.54. The van der Waals surface area contributed by atoms with Gasteiger partial charge in [-0.2, -0.15) is 0 Å². The van der Waals surface area contributed by atoms with Crippen molar-refractivity contribution >= 4 is 29.1 Å². The Balaban J connectivity index is 1.21. The zero-order chi connectivity index (χ0) is 23.3. The summed E-state index contributed by atoms with van der Waals surface area (Å²) in [5.41, 5.74) is 1.63. The van der Waals surface area contributed by atoms with Crippen LogP contribution in [0.15, 0.2) is 42.6 Å². The minimum Gasteiger partial charge on any atom is -0.324 e. The maximum absolute atomic E-state index is 13.7. The number of unbranched alkanes of at least 4 members (excludes halogenated alkanes) is 1. The number of carbonyl (C=O) groups excluding carboxylic acids is 2. The minimum atomic E-state index is -0.219. The number of urea groups is 1. The van der Waals surface area contributed by atoms with Crippen LogP contribution >= 0.6 is 0 Å². The lowest BCUT2D eigenvalue weighted by Gasteiger charge is -2.35. The fourth-order valence-corrected chi connectivity index (χ4v) is 5.54. The van der Waals surface area contributed by atoms with Crippen LogP contribution in [0.2, 0.25) is 0 Å². The Morgan fingerprint density at radius 1 is 0.971 bits per heavy atom. The second-order valence-electron chi connectivity index (χ2n) is 9.79. The Kier molecular flexibility index (Phi) is 7.09. The molecule has 0 aliphatic carbocycles. The van der Waals surface area contributed by atoms with Gasteiger partial charge in [-0.1, -0.05) is 31.4 Å². The number of anilines is 3. The number of fused-ring (bicyclic) bond motifs is 2. The van der Waals surface area contributed by atoms with Gasteiger partial charge in [0.25, 0.3) is 5.91 Å². The third-order valence-electron chi connectivity index (χ3n) is 7.50. The van der Waals surface area contributed by atoms with E-state index in [1.807, 2.05) is 23.1 Å². The largest absolute Gasteiger partial charge is 0.330 e. The number of nitrogens with one attached hydrogen (secondary N) is 1. The van der Waals surface area contributed by atoms with Crippen LogP contribution in [0, 0.1) is 5.92 Å². The predicted molar refractivity (Wildman–Crippen MR) is 135 cm³/mol. The van der Waals surface area contributed by atoms with Crippen LogP contribution in [0.25, 0.3) is 0 Å². The number of para-hydroxylation sites is 1. The molecule has 3 aliphatic heterocycles. The first-order chi connectivity index (χ1) is 16.7. The molecule has 4 heterocycles. The van der Waals surface area contributed by atoms with Crippen molar-refractivity contribution in [3.63, 3.8) is 0 Å². The molecule has 2 aromatic rings. The van der Waals surface area contributed by atoms with Crippen molar-refractivity contribution in [2.24, 2.45) is 5.92 Å². The standard InChI is InChI=1S/C27H35N5O2/c33-26-22-10-2-3-12-24(22)32(25-23(29-26)11-8-15-28-25)27(34)31-19-13-21(14-20-31)9-4-7-18-30-16-5-1-6-17-30/h2-3,8,10-12,15,21H,1,4-7,9,13-14,16-20H2,(H,29,33). The number of nitrogens with zero attached hydrogens (tertiary/aromatic N) is 4. The summed E-state index contributed by atoms with van der Waals surface area (Å²) in [7, 11) is 0. The number of amides is 3. The molecule has 0 saturated carbocycles. The maximum atomic E-state index is 13.7. The molecule has 0 unspecified atom stereocenters. The minimum absolute atomic E-state index is 0.104. The summed E-state index contributed by atoms with van der Waals surface area (Å²) in [5.74, 6) is 0.949. The van der Waals surface area contributed by atoms with Gasteiger partial charge in [0.1, 0.15) is 0 Å². The van der Waals surface area contributed by atoms with Gasteiger partial charge in [-0.15, -0.1) is 0 Å². The van der Waals surface area contributed by atoms with E-state index in [1.165, 1.54) is 58.2 Å². The number of carbonyl (C=O) groups is 2. The van der Waals surface area contributed by atoms with Gasteiger partial charge < -0.3 is 15.1 Å². The Hall–Kier alpha value is -2.93. The summed E-state index contributed by atoms with van der Waals surface area (Å²) in [5, 5.41) is 2.91. The quantitative estimate of drug-likeness (QED) is 0.616. The van der Waals surface area contributed by atoms with Gasteiger partial charge in [-0.25, -0.2) is 14.7 Å². The van der Waals surface area contributed by atoms with Crippen molar-refractivity contribution in [3.05, 3.63) is 48.2 Å². The number of hydrogen-bond acceptors (Lipinski definition) is 4. The van der Waals surface area contributed by atoms with Crippen molar-refractivity contribution in [1.29, 1.82) is 0 Å². The van der Waals surface area contributed by atoms with Crippen LogP contribution in [0.4, 0.5) is 22.0 Å². The van der Waals surface area contributed by atoms with Crippen molar-refractivity contribution in [3.8, 4) is 0 Å². The summed E-state index contributed by atoms with van der Waals surface area (Å²) in [4.78, 5) is 37.2. The van der Waals surface area contributed by atoms with Gasteiger partial charge in [-0.05, 0) is 81.9 Å². The highest BCUT2D eigenvalue weighted by atomic mass is 16.2. The zero-order valence-corrected chi connectivity index (χ0v) is 19.9. The SMILES string of the molecule is O=C1Nc2cccnc2N(C(=O)N2CCC(CCCCN3CCCCC3)CC2)c2ccccc21. The van der Waals surface area contributed by atoms with Crippen molar-refractivity contribution in [2.75, 3.05) is 42.9 Å². The number of aromatic nitrogens is 1. The first kappa shape index (κ1) is 22.8. The zero-order valence-electron chi connectivity index (χ0n) is 19.9. The molecule has 0 bridgehead atoms. The number of benzene rings is 1. The molecule has 3 amide bonds. The van der Waals surface area contributed by atoms with Crippen LogP contribution in [0.5, 0.6) is 0 Å². The van der Waals surface area contributed by atoms with Crippen molar-refractivity contribution in [1.82, 2.24) is 14.8 Å². The Labute approximate surface area is 202 Å². The van der Waals surface area contributed by atoms with E-state index in [0.717, 1.165) is 25.9 Å². The van der Waals surface area contributed by atoms with E-state index in [1.54, 1.807) is 29.3 Å². The van der Waals surface area contributed by atoms with E-state index >= 15 is 0 Å². The second kappa shape index (κ2) is 10.6. The lowest BCUT2D eigenvalue weighted by atomic mass is 9.91. The number of rotatable bonds is 5. The fraction of sp³-hybridized carbons (Fsp3) is 0.519. The summed E-state index contributed by atoms with van der Waals surface area (Å²) in [6.07, 6.45) is 11.7. The molecule has 0 atom stereocenters. The van der Waals surface area contributed by atoms with E-state index in [-0.39, 0.29) is 11.9 Å². The first-order valence-electron chi connectivity index (χ1n) is 12.9. The molecular formula is C27H35N5O2. The lowest BCUT2D eigenvalue weighted by Crippen LogP contribution is -2.45. The summed E-state index contributed by atoms with van der Waals surface area (Å²) in [6.45, 7) is 5.29. The van der Waals surface area contributed by atoms with Crippen LogP contribution in [0.3, 0.4) is 0 Å². The van der Waals surface area contributed by atoms with E-state index in [4.69, 9.17) is 0 Å². The number of piperidine rings is 2. The Morgan fingerprint density at radius 3 is 2.59 bits per heavy atom. The normalized spacial score (nSPS) is 19.2. The van der Waals surface area contributed by atoms with Gasteiger partial charge >= 0.3 is 6.03 Å². The van der Waals surface area contributed by atoms with Crippen molar-refractivity contribution < 1.29 is 9.59 Å². The van der Waals surface area contributed by atoms with Crippen LogP contribution in [0.1, 0.15) is 61.7 Å². The van der Waals surface area contributed by atoms with E-state index in [2.05, 4.69) is 15.2 Å². The molecule has 1 N–H and O–H groups in total. The third-order valence-corrected chi connectivity index (χ3v) is 7.50. The summed E-state index contributed by atoms with van der Waals surface area (Å²) < 4.78 is 0. The van der Waals surface area contributed by atoms with E-state index in [9.17, 15) is 9.59 Å². The molecule has 7 heteroatoms. The Bertz CT molecular complexity index is 1010. The molecule has 180 valence electrons. The van der Waals surface area contributed by atoms with Gasteiger partial charge in [0.2, 0.25) is 0 Å². The number of likely N-dealkylation sites (tertiary alicyclic amines) is 2. The van der Waals surface area contributed by atoms with Gasteiger partial charge in [0.15, 0.2) is 5.82 Å². The average Bonchev–Trinajstić information content (AvgIpc) is 3.01. The number of pyridine rings is 1. The summed E-state index contributed by atoms with van der Waals surface area (Å²) >= 11 is 0. The van der Waals surface area contributed by atoms with Crippen LogP contribution < -0.4 is 10.2 Å². The van der Waals surface area contributed by atoms with Gasteiger partial charge in [-0.3, -0.25) is 4.79 Å². The molecule has 5 rings (SSSR count). The maximum Gasteiger partial charge on any atom is 0.330 e. The highest BCUT2D eigenvalue weighted by molar-refractivity contribution is 6.16. The molecule has 0 spiro atoms. The molecule has 3 aliphatic rings. The average molecular weight is 462 g/mol. The third kappa shape index (κ3) is 4.94. The van der Waals surface area contributed by atoms with Crippen LogP contribution in [-0.2, 0) is 0 Å². The van der Waals surface area contributed by atoms with E-state index in [0.29, 0.717) is 28.7 Å². The Morgan fingerprint density at radius 2 is 1.76 bits per heavy atom. The van der Waals surface area contributed by atoms with Crippen molar-refractivity contribution in [2.45, 2.75) is 51.4 Å². The molecule has 7 nitrogen and oxygen atoms in total. The molecule has 1 aromatic heterocycles. The molecule has 1 aromatic carbocycles. The lowest BCUT2D eigenvalue weighted by molar-refractivity contribution is 0.102. The molecular weight excluding hydrogens is 426 g/mol. The smallest absolute Gasteiger partial charge is 0.324 e. The molecule has 2 saturated heterocycles. The molecule has 34 heavy (non-hydrogen) atoms. The molecule has 2 fully saturated rings. The topological polar surface area (TPSA) is 68.8 Å². The second-order valence-corrected chi connectivity index (χ2v) is 9.79. The van der Waals surface area contributed by atoms with E-state index < -0.39 is 0 Å². The highest BCUT2D eigenvalue weighted by Gasteiger charge is 2.34. The predicted octanol–water partition coefficient (Wildman–Crippen LogP) is 5.27. The summed E-state index contributed by atoms with van der Waals surface area (Å²) in [6, 6.07) is 10.7. The van der Waals surface area contributed by atoms with Gasteiger partial charge in [0, 0.05) is 19.3 Å². The number of hydrogen-bond donors (Lipinski definition) is 1.